The molecule has 2 aromatic heterocycles. The van der Waals surface area contributed by atoms with Crippen LogP contribution in [0.25, 0.3) is 11.0 Å². The molecule has 19 heavy (non-hydrogen) atoms. The van der Waals surface area contributed by atoms with Crippen molar-refractivity contribution in [2.24, 2.45) is 0 Å². The molecule has 0 radical (unpaired) electrons. The molecule has 0 spiro atoms. The number of nitrogens with zero attached hydrogens (tertiary/aromatic N) is 3. The number of rotatable bonds is 3. The van der Waals surface area contributed by atoms with Gasteiger partial charge in [-0.1, -0.05) is 0 Å². The molecule has 0 saturated heterocycles. The predicted octanol–water partition coefficient (Wildman–Crippen LogP) is 0.607. The number of fused-ring (bicyclic) bond motifs is 1. The Morgan fingerprint density at radius 3 is 2.95 bits per heavy atom. The molecule has 0 unspecified atom stereocenters. The fourth-order valence-electron chi connectivity index (χ4n) is 3.06. The van der Waals surface area contributed by atoms with Crippen molar-refractivity contribution in [1.29, 1.82) is 0 Å². The lowest BCUT2D eigenvalue weighted by molar-refractivity contribution is -0.0629. The maximum atomic E-state index is 10.2. The van der Waals surface area contributed by atoms with Crippen LogP contribution in [-0.2, 0) is 0 Å². The Labute approximate surface area is 111 Å². The normalized spacial score (nSPS) is 26.6. The van der Waals surface area contributed by atoms with E-state index in [0.29, 0.717) is 12.4 Å². The van der Waals surface area contributed by atoms with Gasteiger partial charge in [-0.15, -0.1) is 0 Å². The van der Waals surface area contributed by atoms with Gasteiger partial charge in [0, 0.05) is 18.8 Å². The third kappa shape index (κ3) is 1.87. The largest absolute Gasteiger partial charge is 0.388 e. The number of hydrogen-bond donors (Lipinski definition) is 3. The molecular formula is C13H19N5O. The van der Waals surface area contributed by atoms with E-state index in [2.05, 4.69) is 26.0 Å². The van der Waals surface area contributed by atoms with Gasteiger partial charge in [-0.2, -0.15) is 0 Å². The van der Waals surface area contributed by atoms with Crippen LogP contribution < -0.4 is 11.1 Å². The van der Waals surface area contributed by atoms with Crippen molar-refractivity contribution in [2.75, 3.05) is 19.3 Å². The van der Waals surface area contributed by atoms with Crippen molar-refractivity contribution in [2.45, 2.75) is 31.4 Å². The van der Waals surface area contributed by atoms with E-state index in [4.69, 9.17) is 5.73 Å². The molecule has 0 atom stereocenters. The zero-order valence-corrected chi connectivity index (χ0v) is 11.2. The monoisotopic (exact) mass is 261 g/mol. The molecule has 102 valence electrons. The summed E-state index contributed by atoms with van der Waals surface area (Å²) >= 11 is 0. The minimum absolute atomic E-state index is 0.281. The number of aromatic nitrogens is 3. The van der Waals surface area contributed by atoms with Gasteiger partial charge in [-0.05, 0) is 32.4 Å². The average molecular weight is 261 g/mol. The molecule has 1 fully saturated rings. The first-order valence-electron chi connectivity index (χ1n) is 6.49. The predicted molar refractivity (Wildman–Crippen MR) is 73.8 cm³/mol. The summed E-state index contributed by atoms with van der Waals surface area (Å²) in [6.45, 7) is 2.63. The highest BCUT2D eigenvalue weighted by Gasteiger charge is 2.43. The third-order valence-corrected chi connectivity index (χ3v) is 3.96. The fourth-order valence-corrected chi connectivity index (χ4v) is 3.06. The number of likely N-dealkylation sites (N-methyl/N-ethyl adjacent to an activating group) is 1. The molecule has 1 aliphatic rings. The highest BCUT2D eigenvalue weighted by molar-refractivity contribution is 5.89. The quantitative estimate of drug-likeness (QED) is 0.753. The molecule has 0 amide bonds. The van der Waals surface area contributed by atoms with Gasteiger partial charge in [0.1, 0.15) is 17.8 Å². The minimum atomic E-state index is -0.595. The Balaban J connectivity index is 1.94. The first kappa shape index (κ1) is 12.4. The number of nitrogens with two attached hydrogens (primary N) is 1. The van der Waals surface area contributed by atoms with Crippen LogP contribution >= 0.6 is 0 Å². The van der Waals surface area contributed by atoms with E-state index in [0.717, 1.165) is 29.4 Å². The van der Waals surface area contributed by atoms with Crippen molar-refractivity contribution in [1.82, 2.24) is 19.9 Å². The van der Waals surface area contributed by atoms with Crippen molar-refractivity contribution in [3.05, 3.63) is 18.1 Å². The number of aliphatic hydroxyl groups is 1. The number of aryl methyl sites for hydroxylation is 1. The molecule has 2 aromatic rings. The van der Waals surface area contributed by atoms with Crippen molar-refractivity contribution in [3.8, 4) is 0 Å². The topological polar surface area (TPSA) is 89.0 Å². The Morgan fingerprint density at radius 1 is 1.53 bits per heavy atom. The van der Waals surface area contributed by atoms with E-state index in [1.165, 1.54) is 6.33 Å². The standard InChI is InChI=1S/C13H19N5O/c1-8-5-18(9-3-13(19,4-9)6-15-2)12-10(8)11(14)16-7-17-12/h5,7,9,15,19H,3-4,6H2,1-2H3,(H2,14,16,17). The SMILES string of the molecule is CNCC1(O)CC(n2cc(C)c3c(N)ncnc32)C1. The Kier molecular flexibility index (Phi) is 2.72. The van der Waals surface area contributed by atoms with Gasteiger partial charge in [-0.3, -0.25) is 0 Å². The van der Waals surface area contributed by atoms with Crippen LogP contribution in [0.2, 0.25) is 0 Å². The first-order chi connectivity index (χ1) is 9.04. The van der Waals surface area contributed by atoms with Gasteiger partial charge in [-0.25, -0.2) is 9.97 Å². The van der Waals surface area contributed by atoms with E-state index >= 15 is 0 Å². The van der Waals surface area contributed by atoms with Gasteiger partial charge in [0.15, 0.2) is 0 Å². The second-order valence-electron chi connectivity index (χ2n) is 5.49. The minimum Gasteiger partial charge on any atom is -0.388 e. The fraction of sp³-hybridized carbons (Fsp3) is 0.538. The van der Waals surface area contributed by atoms with Crippen LogP contribution in [0.3, 0.4) is 0 Å². The van der Waals surface area contributed by atoms with Crippen LogP contribution in [0, 0.1) is 6.92 Å². The van der Waals surface area contributed by atoms with Crippen molar-refractivity contribution >= 4 is 16.9 Å². The van der Waals surface area contributed by atoms with Crippen molar-refractivity contribution < 1.29 is 5.11 Å². The average Bonchev–Trinajstić information content (AvgIpc) is 2.65. The number of anilines is 1. The second kappa shape index (κ2) is 4.18. The first-order valence-corrected chi connectivity index (χ1v) is 6.49. The summed E-state index contributed by atoms with van der Waals surface area (Å²) in [5, 5.41) is 14.2. The summed E-state index contributed by atoms with van der Waals surface area (Å²) in [4.78, 5) is 8.37. The summed E-state index contributed by atoms with van der Waals surface area (Å²) in [6, 6.07) is 0.281. The van der Waals surface area contributed by atoms with Gasteiger partial charge < -0.3 is 20.7 Å². The van der Waals surface area contributed by atoms with Crippen LogP contribution in [-0.4, -0.2) is 38.8 Å². The van der Waals surface area contributed by atoms with Crippen LogP contribution in [0.4, 0.5) is 5.82 Å². The molecule has 0 aliphatic heterocycles. The molecule has 6 nitrogen and oxygen atoms in total. The zero-order chi connectivity index (χ0) is 13.6. The van der Waals surface area contributed by atoms with Crippen LogP contribution in [0.5, 0.6) is 0 Å². The zero-order valence-electron chi connectivity index (χ0n) is 11.2. The van der Waals surface area contributed by atoms with Gasteiger partial charge >= 0.3 is 0 Å². The molecule has 1 aliphatic carbocycles. The Hall–Kier alpha value is -1.66. The van der Waals surface area contributed by atoms with E-state index in [1.54, 1.807) is 0 Å². The summed E-state index contributed by atoms with van der Waals surface area (Å²) in [6.07, 6.45) is 5.02. The van der Waals surface area contributed by atoms with Crippen LogP contribution in [0.15, 0.2) is 12.5 Å². The third-order valence-electron chi connectivity index (χ3n) is 3.96. The smallest absolute Gasteiger partial charge is 0.145 e. The molecule has 3 rings (SSSR count). The van der Waals surface area contributed by atoms with E-state index < -0.39 is 5.60 Å². The van der Waals surface area contributed by atoms with Crippen molar-refractivity contribution in [3.63, 3.8) is 0 Å². The molecule has 0 bridgehead atoms. The van der Waals surface area contributed by atoms with Gasteiger partial charge in [0.05, 0.1) is 11.0 Å². The summed E-state index contributed by atoms with van der Waals surface area (Å²) in [5.41, 5.74) is 7.26. The Bertz CT molecular complexity index is 615. The maximum Gasteiger partial charge on any atom is 0.145 e. The van der Waals surface area contributed by atoms with E-state index in [1.807, 2.05) is 14.0 Å². The van der Waals surface area contributed by atoms with E-state index in [-0.39, 0.29) is 6.04 Å². The molecule has 1 saturated carbocycles. The summed E-state index contributed by atoms with van der Waals surface area (Å²) in [7, 11) is 1.86. The lowest BCUT2D eigenvalue weighted by atomic mass is 9.75. The molecular weight excluding hydrogens is 242 g/mol. The molecule has 2 heterocycles. The van der Waals surface area contributed by atoms with Gasteiger partial charge in [0.25, 0.3) is 0 Å². The second-order valence-corrected chi connectivity index (χ2v) is 5.49. The number of hydrogen-bond acceptors (Lipinski definition) is 5. The number of nitrogens with one attached hydrogen (secondary N) is 1. The van der Waals surface area contributed by atoms with Gasteiger partial charge in [0.2, 0.25) is 0 Å². The maximum absolute atomic E-state index is 10.2. The lowest BCUT2D eigenvalue weighted by Gasteiger charge is -2.44. The summed E-state index contributed by atoms with van der Waals surface area (Å²) < 4.78 is 2.12. The highest BCUT2D eigenvalue weighted by atomic mass is 16.3. The van der Waals surface area contributed by atoms with E-state index in [9.17, 15) is 5.11 Å². The highest BCUT2D eigenvalue weighted by Crippen LogP contribution is 2.43. The molecule has 4 N–H and O–H groups in total. The van der Waals surface area contributed by atoms with Crippen LogP contribution in [0.1, 0.15) is 24.4 Å². The Morgan fingerprint density at radius 2 is 2.26 bits per heavy atom. The summed E-state index contributed by atoms with van der Waals surface area (Å²) in [5.74, 6) is 0.520. The molecule has 6 heteroatoms. The molecule has 0 aromatic carbocycles. The lowest BCUT2D eigenvalue weighted by Crippen LogP contribution is -2.50. The number of nitrogen functional groups attached to an aromatic ring is 1.